The van der Waals surface area contributed by atoms with Crippen molar-refractivity contribution in [2.45, 2.75) is 26.3 Å². The van der Waals surface area contributed by atoms with E-state index in [9.17, 15) is 18.3 Å². The molecule has 0 saturated carbocycles. The summed E-state index contributed by atoms with van der Waals surface area (Å²) in [5.74, 6) is -1.19. The third-order valence-electron chi connectivity index (χ3n) is 2.92. The van der Waals surface area contributed by atoms with Gasteiger partial charge in [0.05, 0.1) is 0 Å². The highest BCUT2D eigenvalue weighted by molar-refractivity contribution is 7.87. The lowest BCUT2D eigenvalue weighted by Gasteiger charge is -2.22. The van der Waals surface area contributed by atoms with E-state index >= 15 is 0 Å². The highest BCUT2D eigenvalue weighted by Gasteiger charge is 2.27. The standard InChI is InChI=1S/C13H20N2O4S/c1-3-15(4-2)20(18,19)14-12(13(16)17)10-11-8-6-5-7-9-11/h5-9,12,14H,3-4,10H2,1-2H3,(H,16,17). The molecule has 0 spiro atoms. The topological polar surface area (TPSA) is 86.7 Å². The van der Waals surface area contributed by atoms with Crippen molar-refractivity contribution in [3.63, 3.8) is 0 Å². The minimum Gasteiger partial charge on any atom is -0.480 e. The Balaban J connectivity index is 2.86. The second-order valence-electron chi connectivity index (χ2n) is 4.29. The zero-order valence-corrected chi connectivity index (χ0v) is 12.4. The van der Waals surface area contributed by atoms with Crippen LogP contribution in [0, 0.1) is 0 Å². The predicted molar refractivity (Wildman–Crippen MR) is 76.5 cm³/mol. The summed E-state index contributed by atoms with van der Waals surface area (Å²) in [5, 5.41) is 9.18. The Kier molecular flexibility index (Phi) is 6.12. The molecule has 0 saturated heterocycles. The van der Waals surface area contributed by atoms with Gasteiger partial charge in [-0.25, -0.2) is 0 Å². The Hall–Kier alpha value is -1.44. The van der Waals surface area contributed by atoms with Gasteiger partial charge in [-0.3, -0.25) is 4.79 Å². The van der Waals surface area contributed by atoms with E-state index in [0.29, 0.717) is 13.1 Å². The van der Waals surface area contributed by atoms with Crippen molar-refractivity contribution in [3.8, 4) is 0 Å². The molecule has 7 heteroatoms. The van der Waals surface area contributed by atoms with Gasteiger partial charge in [0.1, 0.15) is 6.04 Å². The van der Waals surface area contributed by atoms with Crippen molar-refractivity contribution in [3.05, 3.63) is 35.9 Å². The number of hydrogen-bond acceptors (Lipinski definition) is 3. The van der Waals surface area contributed by atoms with E-state index in [2.05, 4.69) is 4.72 Å². The van der Waals surface area contributed by atoms with Crippen LogP contribution in [0.15, 0.2) is 30.3 Å². The molecule has 112 valence electrons. The van der Waals surface area contributed by atoms with Gasteiger partial charge in [-0.05, 0) is 12.0 Å². The lowest BCUT2D eigenvalue weighted by molar-refractivity contribution is -0.138. The number of benzene rings is 1. The minimum absolute atomic E-state index is 0.108. The number of rotatable bonds is 8. The first-order chi connectivity index (χ1) is 9.40. The molecule has 0 heterocycles. The van der Waals surface area contributed by atoms with E-state index in [-0.39, 0.29) is 6.42 Å². The third-order valence-corrected chi connectivity index (χ3v) is 4.70. The van der Waals surface area contributed by atoms with E-state index < -0.39 is 22.2 Å². The van der Waals surface area contributed by atoms with E-state index in [1.807, 2.05) is 6.07 Å². The molecule has 0 amide bonds. The van der Waals surface area contributed by atoms with Gasteiger partial charge in [0.2, 0.25) is 0 Å². The molecule has 0 fully saturated rings. The Morgan fingerprint density at radius 1 is 1.25 bits per heavy atom. The number of carbonyl (C=O) groups is 1. The molecule has 1 aromatic carbocycles. The second-order valence-corrected chi connectivity index (χ2v) is 5.99. The first-order valence-electron chi connectivity index (χ1n) is 6.44. The van der Waals surface area contributed by atoms with Crippen LogP contribution in [0.3, 0.4) is 0 Å². The van der Waals surface area contributed by atoms with Gasteiger partial charge in [0.15, 0.2) is 0 Å². The number of aliphatic carboxylic acids is 1. The van der Waals surface area contributed by atoms with Crippen molar-refractivity contribution in [1.29, 1.82) is 0 Å². The van der Waals surface area contributed by atoms with Crippen LogP contribution in [0.2, 0.25) is 0 Å². The summed E-state index contributed by atoms with van der Waals surface area (Å²) in [6.07, 6.45) is 0.108. The minimum atomic E-state index is -3.78. The molecule has 1 unspecified atom stereocenters. The first kappa shape index (κ1) is 16.6. The first-order valence-corrected chi connectivity index (χ1v) is 7.88. The van der Waals surface area contributed by atoms with E-state index in [1.165, 1.54) is 4.31 Å². The van der Waals surface area contributed by atoms with Crippen LogP contribution in [0.5, 0.6) is 0 Å². The SMILES string of the molecule is CCN(CC)S(=O)(=O)NC(Cc1ccccc1)C(=O)O. The van der Waals surface area contributed by atoms with Crippen LogP contribution in [0.25, 0.3) is 0 Å². The quantitative estimate of drug-likeness (QED) is 0.745. The summed E-state index contributed by atoms with van der Waals surface area (Å²) >= 11 is 0. The summed E-state index contributed by atoms with van der Waals surface area (Å²) in [6.45, 7) is 4.00. The van der Waals surface area contributed by atoms with Crippen molar-refractivity contribution < 1.29 is 18.3 Å². The third kappa shape index (κ3) is 4.59. The molecular weight excluding hydrogens is 280 g/mol. The van der Waals surface area contributed by atoms with Crippen molar-refractivity contribution >= 4 is 16.2 Å². The number of hydrogen-bond donors (Lipinski definition) is 2. The van der Waals surface area contributed by atoms with Crippen LogP contribution < -0.4 is 4.72 Å². The molecule has 1 atom stereocenters. The average Bonchev–Trinajstić information content (AvgIpc) is 2.39. The normalized spacial score (nSPS) is 13.3. The van der Waals surface area contributed by atoms with E-state index in [1.54, 1.807) is 38.1 Å². The summed E-state index contributed by atoms with van der Waals surface area (Å²) in [4.78, 5) is 11.2. The van der Waals surface area contributed by atoms with Crippen molar-refractivity contribution in [2.75, 3.05) is 13.1 Å². The van der Waals surface area contributed by atoms with Gasteiger partial charge >= 0.3 is 5.97 Å². The Labute approximate surface area is 119 Å². The largest absolute Gasteiger partial charge is 0.480 e. The molecule has 0 aliphatic rings. The molecule has 0 bridgehead atoms. The maximum absolute atomic E-state index is 12.0. The van der Waals surface area contributed by atoms with Crippen LogP contribution >= 0.6 is 0 Å². The highest BCUT2D eigenvalue weighted by Crippen LogP contribution is 2.06. The molecule has 6 nitrogen and oxygen atoms in total. The van der Waals surface area contributed by atoms with Gasteiger partial charge < -0.3 is 5.11 Å². The molecule has 0 radical (unpaired) electrons. The van der Waals surface area contributed by atoms with Crippen molar-refractivity contribution in [2.24, 2.45) is 0 Å². The fourth-order valence-electron chi connectivity index (χ4n) is 1.85. The molecule has 0 aromatic heterocycles. The summed E-state index contributed by atoms with van der Waals surface area (Å²) in [6, 6.07) is 7.74. The zero-order valence-electron chi connectivity index (χ0n) is 11.6. The molecule has 1 rings (SSSR count). The molecule has 0 aliphatic carbocycles. The van der Waals surface area contributed by atoms with Crippen molar-refractivity contribution in [1.82, 2.24) is 9.03 Å². The number of nitrogens with zero attached hydrogens (tertiary/aromatic N) is 1. The number of nitrogens with one attached hydrogen (secondary N) is 1. The fourth-order valence-corrected chi connectivity index (χ4v) is 3.22. The van der Waals surface area contributed by atoms with Gasteiger partial charge in [-0.2, -0.15) is 17.4 Å². The number of carboxylic acid groups (broad SMARTS) is 1. The van der Waals surface area contributed by atoms with E-state index in [4.69, 9.17) is 0 Å². The molecule has 1 aromatic rings. The smallest absolute Gasteiger partial charge is 0.322 e. The lowest BCUT2D eigenvalue weighted by Crippen LogP contribution is -2.49. The maximum atomic E-state index is 12.0. The Morgan fingerprint density at radius 2 is 1.80 bits per heavy atom. The Bertz CT molecular complexity index is 527. The molecule has 0 aliphatic heterocycles. The summed E-state index contributed by atoms with van der Waals surface area (Å²) in [7, 11) is -3.78. The summed E-state index contributed by atoms with van der Waals surface area (Å²) < 4.78 is 27.5. The average molecular weight is 300 g/mol. The fraction of sp³-hybridized carbons (Fsp3) is 0.462. The van der Waals surface area contributed by atoms with Crippen LogP contribution in [-0.2, 0) is 21.4 Å². The van der Waals surface area contributed by atoms with Crippen LogP contribution in [0.1, 0.15) is 19.4 Å². The zero-order chi connectivity index (χ0) is 15.2. The highest BCUT2D eigenvalue weighted by atomic mass is 32.2. The Morgan fingerprint density at radius 3 is 2.25 bits per heavy atom. The maximum Gasteiger partial charge on any atom is 0.322 e. The molecular formula is C13H20N2O4S. The van der Waals surface area contributed by atoms with Gasteiger partial charge in [0, 0.05) is 13.1 Å². The molecule has 2 N–H and O–H groups in total. The predicted octanol–water partition coefficient (Wildman–Crippen LogP) is 0.858. The van der Waals surface area contributed by atoms with Gasteiger partial charge in [0.25, 0.3) is 10.2 Å². The monoisotopic (exact) mass is 300 g/mol. The molecule has 20 heavy (non-hydrogen) atoms. The van der Waals surface area contributed by atoms with Gasteiger partial charge in [-0.15, -0.1) is 0 Å². The van der Waals surface area contributed by atoms with Gasteiger partial charge in [-0.1, -0.05) is 44.2 Å². The number of carboxylic acids is 1. The van der Waals surface area contributed by atoms with E-state index in [0.717, 1.165) is 5.56 Å². The second kappa shape index (κ2) is 7.37. The van der Waals surface area contributed by atoms with Crippen LogP contribution in [0.4, 0.5) is 0 Å². The summed E-state index contributed by atoms with van der Waals surface area (Å²) in [5.41, 5.74) is 0.766. The lowest BCUT2D eigenvalue weighted by atomic mass is 10.1. The van der Waals surface area contributed by atoms with Crippen LogP contribution in [-0.4, -0.2) is 42.9 Å².